The van der Waals surface area contributed by atoms with Gasteiger partial charge >= 0.3 is 0 Å². The van der Waals surface area contributed by atoms with Crippen molar-refractivity contribution in [3.63, 3.8) is 0 Å². The first-order valence-electron chi connectivity index (χ1n) is 10.6. The summed E-state index contributed by atoms with van der Waals surface area (Å²) >= 11 is 0. The topological polar surface area (TPSA) is 94.2 Å². The van der Waals surface area contributed by atoms with Crippen molar-refractivity contribution in [3.05, 3.63) is 72.8 Å². The van der Waals surface area contributed by atoms with Gasteiger partial charge in [0.05, 0.1) is 36.6 Å². The molecule has 0 saturated carbocycles. The molecule has 3 rings (SSSR count). The van der Waals surface area contributed by atoms with E-state index in [4.69, 9.17) is 14.2 Å². The van der Waals surface area contributed by atoms with Crippen molar-refractivity contribution in [1.82, 2.24) is 0 Å². The van der Waals surface area contributed by atoms with E-state index in [1.165, 1.54) is 32.4 Å². The average Bonchev–Trinajstić information content (AvgIpc) is 2.83. The van der Waals surface area contributed by atoms with Gasteiger partial charge < -0.3 is 19.5 Å². The maximum Gasteiger partial charge on any atom is 0.264 e. The van der Waals surface area contributed by atoms with Crippen LogP contribution in [0, 0.1) is 0 Å². The van der Waals surface area contributed by atoms with Gasteiger partial charge in [-0.3, -0.25) is 9.10 Å². The Morgan fingerprint density at radius 1 is 0.882 bits per heavy atom. The standard InChI is InChI=1S/C25H28N2O6S/c1-18(2)33-22-13-9-8-12-21(22)26-25(28)17-27(19-10-6-5-7-11-19)34(29,30)20-14-15-23(31-3)24(16-20)32-4/h5-16,18H,17H2,1-4H3,(H,26,28). The molecule has 0 radical (unpaired) electrons. The van der Waals surface area contributed by atoms with Gasteiger partial charge in [0.15, 0.2) is 11.5 Å². The second-order valence-corrected chi connectivity index (χ2v) is 9.44. The van der Waals surface area contributed by atoms with Crippen molar-refractivity contribution in [2.75, 3.05) is 30.4 Å². The number of benzene rings is 3. The van der Waals surface area contributed by atoms with Gasteiger partial charge in [0.25, 0.3) is 10.0 Å². The highest BCUT2D eigenvalue weighted by Gasteiger charge is 2.28. The van der Waals surface area contributed by atoms with E-state index in [2.05, 4.69) is 5.32 Å². The van der Waals surface area contributed by atoms with E-state index in [1.54, 1.807) is 54.6 Å². The minimum atomic E-state index is -4.12. The Kier molecular flexibility index (Phi) is 8.01. The molecule has 0 atom stereocenters. The molecule has 0 fully saturated rings. The zero-order valence-electron chi connectivity index (χ0n) is 19.5. The molecule has 0 unspecified atom stereocenters. The average molecular weight is 485 g/mol. The van der Waals surface area contributed by atoms with Gasteiger partial charge in [-0.25, -0.2) is 8.42 Å². The third kappa shape index (κ3) is 5.79. The number of amides is 1. The zero-order valence-corrected chi connectivity index (χ0v) is 20.3. The number of anilines is 2. The summed E-state index contributed by atoms with van der Waals surface area (Å²) in [5.41, 5.74) is 0.803. The second kappa shape index (κ2) is 10.9. The number of nitrogens with zero attached hydrogens (tertiary/aromatic N) is 1. The summed E-state index contributed by atoms with van der Waals surface area (Å²) in [4.78, 5) is 13.0. The SMILES string of the molecule is COc1ccc(S(=O)(=O)N(CC(=O)Nc2ccccc2OC(C)C)c2ccccc2)cc1OC. The molecule has 0 bridgehead atoms. The van der Waals surface area contributed by atoms with Crippen LogP contribution in [0.5, 0.6) is 17.2 Å². The normalized spacial score (nSPS) is 11.1. The Hall–Kier alpha value is -3.72. The van der Waals surface area contributed by atoms with E-state index in [-0.39, 0.29) is 16.7 Å². The van der Waals surface area contributed by atoms with E-state index in [0.29, 0.717) is 22.9 Å². The molecular formula is C25H28N2O6S. The fraction of sp³-hybridized carbons (Fsp3) is 0.240. The van der Waals surface area contributed by atoms with Gasteiger partial charge in [-0.15, -0.1) is 0 Å². The van der Waals surface area contributed by atoms with Crippen LogP contribution < -0.4 is 23.8 Å². The van der Waals surface area contributed by atoms with Gasteiger partial charge in [-0.05, 0) is 50.2 Å². The summed E-state index contributed by atoms with van der Waals surface area (Å²) in [6, 6.07) is 19.7. The van der Waals surface area contributed by atoms with E-state index in [9.17, 15) is 13.2 Å². The van der Waals surface area contributed by atoms with Crippen LogP contribution in [-0.4, -0.2) is 41.2 Å². The van der Waals surface area contributed by atoms with Crippen LogP contribution in [0.25, 0.3) is 0 Å². The smallest absolute Gasteiger partial charge is 0.264 e. The molecule has 0 heterocycles. The predicted molar refractivity (Wildman–Crippen MR) is 131 cm³/mol. The van der Waals surface area contributed by atoms with E-state index in [1.807, 2.05) is 13.8 Å². The maximum atomic E-state index is 13.6. The maximum absolute atomic E-state index is 13.6. The summed E-state index contributed by atoms with van der Waals surface area (Å²) in [6.45, 7) is 3.31. The van der Waals surface area contributed by atoms with Crippen LogP contribution in [0.15, 0.2) is 77.7 Å². The van der Waals surface area contributed by atoms with E-state index in [0.717, 1.165) is 4.31 Å². The van der Waals surface area contributed by atoms with Crippen molar-refractivity contribution in [1.29, 1.82) is 0 Å². The lowest BCUT2D eigenvalue weighted by Crippen LogP contribution is -2.38. The lowest BCUT2D eigenvalue weighted by molar-refractivity contribution is -0.114. The van der Waals surface area contributed by atoms with Crippen molar-refractivity contribution >= 4 is 27.3 Å². The highest BCUT2D eigenvalue weighted by atomic mass is 32.2. The van der Waals surface area contributed by atoms with Crippen LogP contribution in [0.2, 0.25) is 0 Å². The summed E-state index contributed by atoms with van der Waals surface area (Å²) < 4.78 is 44.5. The highest BCUT2D eigenvalue weighted by Crippen LogP contribution is 2.32. The summed E-state index contributed by atoms with van der Waals surface area (Å²) in [7, 11) is -1.23. The molecule has 8 nitrogen and oxygen atoms in total. The minimum absolute atomic E-state index is 0.0367. The number of ether oxygens (including phenoxy) is 3. The summed E-state index contributed by atoms with van der Waals surface area (Å²) in [5.74, 6) is 0.639. The molecule has 0 aromatic heterocycles. The molecule has 1 N–H and O–H groups in total. The van der Waals surface area contributed by atoms with Gasteiger partial charge in [-0.2, -0.15) is 0 Å². The molecule has 3 aromatic rings. The number of rotatable bonds is 10. The Labute approximate surface area is 200 Å². The molecule has 180 valence electrons. The first kappa shape index (κ1) is 24.9. The number of carbonyl (C=O) groups is 1. The molecule has 1 amide bonds. The Morgan fingerprint density at radius 3 is 2.18 bits per heavy atom. The van der Waals surface area contributed by atoms with Crippen LogP contribution in [0.3, 0.4) is 0 Å². The molecular weight excluding hydrogens is 456 g/mol. The van der Waals surface area contributed by atoms with Crippen LogP contribution in [0.4, 0.5) is 11.4 Å². The molecule has 0 aliphatic rings. The van der Waals surface area contributed by atoms with Gasteiger partial charge in [0.1, 0.15) is 12.3 Å². The first-order valence-corrected chi connectivity index (χ1v) is 12.1. The lowest BCUT2D eigenvalue weighted by atomic mass is 10.2. The van der Waals surface area contributed by atoms with Crippen LogP contribution in [0.1, 0.15) is 13.8 Å². The monoisotopic (exact) mass is 484 g/mol. The van der Waals surface area contributed by atoms with Crippen LogP contribution in [-0.2, 0) is 14.8 Å². The van der Waals surface area contributed by atoms with Gasteiger partial charge in [-0.1, -0.05) is 30.3 Å². The van der Waals surface area contributed by atoms with Crippen molar-refractivity contribution in [2.45, 2.75) is 24.8 Å². The highest BCUT2D eigenvalue weighted by molar-refractivity contribution is 7.92. The fourth-order valence-electron chi connectivity index (χ4n) is 3.26. The zero-order chi connectivity index (χ0) is 24.7. The van der Waals surface area contributed by atoms with E-state index >= 15 is 0 Å². The number of methoxy groups -OCH3 is 2. The third-order valence-electron chi connectivity index (χ3n) is 4.80. The fourth-order valence-corrected chi connectivity index (χ4v) is 4.70. The van der Waals surface area contributed by atoms with E-state index < -0.39 is 22.5 Å². The molecule has 0 spiro atoms. The summed E-state index contributed by atoms with van der Waals surface area (Å²) in [6.07, 6.45) is -0.0932. The lowest BCUT2D eigenvalue weighted by Gasteiger charge is -2.25. The number of para-hydroxylation sites is 3. The number of hydrogen-bond acceptors (Lipinski definition) is 6. The minimum Gasteiger partial charge on any atom is -0.493 e. The second-order valence-electron chi connectivity index (χ2n) is 7.57. The van der Waals surface area contributed by atoms with Crippen molar-refractivity contribution in [3.8, 4) is 17.2 Å². The quantitative estimate of drug-likeness (QED) is 0.461. The van der Waals surface area contributed by atoms with Gasteiger partial charge in [0.2, 0.25) is 5.91 Å². The molecule has 0 saturated heterocycles. The van der Waals surface area contributed by atoms with Crippen LogP contribution >= 0.6 is 0 Å². The predicted octanol–water partition coefficient (Wildman–Crippen LogP) is 4.33. The number of nitrogens with one attached hydrogen (secondary N) is 1. The first-order chi connectivity index (χ1) is 16.3. The van der Waals surface area contributed by atoms with Crippen molar-refractivity contribution < 1.29 is 27.4 Å². The Balaban J connectivity index is 1.95. The number of carbonyl (C=O) groups excluding carboxylic acids is 1. The summed E-state index contributed by atoms with van der Waals surface area (Å²) in [5, 5.41) is 2.77. The number of hydrogen-bond donors (Lipinski definition) is 1. The largest absolute Gasteiger partial charge is 0.493 e. The molecule has 9 heteroatoms. The Bertz CT molecular complexity index is 1230. The molecule has 3 aromatic carbocycles. The van der Waals surface area contributed by atoms with Crippen molar-refractivity contribution in [2.24, 2.45) is 0 Å². The Morgan fingerprint density at radius 2 is 1.53 bits per heavy atom. The van der Waals surface area contributed by atoms with Gasteiger partial charge in [0, 0.05) is 6.07 Å². The third-order valence-corrected chi connectivity index (χ3v) is 6.57. The molecule has 0 aliphatic heterocycles. The molecule has 0 aliphatic carbocycles. The number of sulfonamides is 1. The molecule has 34 heavy (non-hydrogen) atoms.